The lowest BCUT2D eigenvalue weighted by atomic mass is 10.2. The first-order chi connectivity index (χ1) is 19.7. The molecule has 0 saturated carbocycles. The Bertz CT molecular complexity index is 1560. The quantitative estimate of drug-likeness (QED) is 0.238. The van der Waals surface area contributed by atoms with Gasteiger partial charge >= 0.3 is 0 Å². The number of hydrogen-bond acceptors (Lipinski definition) is 9. The van der Waals surface area contributed by atoms with E-state index in [1.54, 1.807) is 24.7 Å². The Morgan fingerprint density at radius 1 is 0.775 bits per heavy atom. The third kappa shape index (κ3) is 6.00. The van der Waals surface area contributed by atoms with Crippen molar-refractivity contribution in [3.05, 3.63) is 91.1 Å². The van der Waals surface area contributed by atoms with Crippen molar-refractivity contribution in [1.82, 2.24) is 29.8 Å². The van der Waals surface area contributed by atoms with E-state index in [4.69, 9.17) is 9.47 Å². The minimum atomic E-state index is 0.515. The van der Waals surface area contributed by atoms with Crippen LogP contribution in [0.15, 0.2) is 85.5 Å². The summed E-state index contributed by atoms with van der Waals surface area (Å²) in [5, 5.41) is 0.867. The molecule has 9 heteroatoms. The van der Waals surface area contributed by atoms with Crippen LogP contribution in [-0.4, -0.2) is 69.2 Å². The summed E-state index contributed by atoms with van der Waals surface area (Å²) in [6.07, 6.45) is 7.95. The fourth-order valence-electron chi connectivity index (χ4n) is 4.82. The Morgan fingerprint density at radius 2 is 1.62 bits per heavy atom. The van der Waals surface area contributed by atoms with Gasteiger partial charge in [-0.05, 0) is 67.9 Å². The summed E-state index contributed by atoms with van der Waals surface area (Å²) in [7, 11) is 0. The molecule has 1 aliphatic rings. The van der Waals surface area contributed by atoms with Crippen LogP contribution < -0.4 is 14.4 Å². The summed E-state index contributed by atoms with van der Waals surface area (Å²) < 4.78 is 12.5. The van der Waals surface area contributed by atoms with Crippen molar-refractivity contribution < 1.29 is 9.47 Å². The van der Waals surface area contributed by atoms with Gasteiger partial charge in [-0.15, -0.1) is 0 Å². The van der Waals surface area contributed by atoms with Crippen LogP contribution in [0.1, 0.15) is 12.1 Å². The van der Waals surface area contributed by atoms with Gasteiger partial charge in [0.25, 0.3) is 0 Å². The molecule has 1 aromatic carbocycles. The van der Waals surface area contributed by atoms with E-state index in [1.807, 2.05) is 61.7 Å². The second-order valence-corrected chi connectivity index (χ2v) is 9.68. The number of aromatic nitrogens is 5. The second kappa shape index (κ2) is 12.0. The van der Waals surface area contributed by atoms with Gasteiger partial charge < -0.3 is 14.4 Å². The van der Waals surface area contributed by atoms with Crippen LogP contribution >= 0.6 is 0 Å². The van der Waals surface area contributed by atoms with E-state index < -0.39 is 0 Å². The van der Waals surface area contributed by atoms with Gasteiger partial charge in [0, 0.05) is 68.6 Å². The molecule has 4 aromatic heterocycles. The fraction of sp³-hybridized carbons (Fsp3) is 0.258. The SMILES string of the molecule is Cc1ccc(Oc2ccnc3ccc(OCCCN4CCN(c5ccccn5)CC4)cc23)c(-c2ncccn2)n1. The third-order valence-electron chi connectivity index (χ3n) is 6.90. The maximum Gasteiger partial charge on any atom is 0.181 e. The molecule has 40 heavy (non-hydrogen) atoms. The highest BCUT2D eigenvalue weighted by molar-refractivity contribution is 5.86. The zero-order chi connectivity index (χ0) is 27.1. The average Bonchev–Trinajstić information content (AvgIpc) is 3.01. The third-order valence-corrected chi connectivity index (χ3v) is 6.90. The van der Waals surface area contributed by atoms with Crippen molar-refractivity contribution in [2.45, 2.75) is 13.3 Å². The summed E-state index contributed by atoms with van der Waals surface area (Å²) >= 11 is 0. The maximum atomic E-state index is 6.38. The summed E-state index contributed by atoms with van der Waals surface area (Å²) in [6.45, 7) is 7.62. The number of aryl methyl sites for hydroxylation is 1. The Hall–Kier alpha value is -4.63. The van der Waals surface area contributed by atoms with E-state index in [-0.39, 0.29) is 0 Å². The minimum absolute atomic E-state index is 0.515. The molecule has 1 fully saturated rings. The average molecular weight is 534 g/mol. The van der Waals surface area contributed by atoms with Crippen LogP contribution in [0.4, 0.5) is 5.82 Å². The molecule has 0 bridgehead atoms. The Balaban J connectivity index is 1.09. The van der Waals surface area contributed by atoms with E-state index in [9.17, 15) is 0 Å². The highest BCUT2D eigenvalue weighted by Crippen LogP contribution is 2.35. The molecule has 5 aromatic rings. The predicted octanol–water partition coefficient (Wildman–Crippen LogP) is 5.17. The molecular weight excluding hydrogens is 502 g/mol. The van der Waals surface area contributed by atoms with Crippen molar-refractivity contribution in [1.29, 1.82) is 0 Å². The van der Waals surface area contributed by atoms with Gasteiger partial charge in [-0.3, -0.25) is 9.88 Å². The molecule has 0 unspecified atom stereocenters. The number of pyridine rings is 3. The molecule has 0 atom stereocenters. The monoisotopic (exact) mass is 533 g/mol. The normalized spacial score (nSPS) is 13.9. The Morgan fingerprint density at radius 3 is 2.45 bits per heavy atom. The van der Waals surface area contributed by atoms with Crippen LogP contribution in [-0.2, 0) is 0 Å². The molecule has 9 nitrogen and oxygen atoms in total. The number of ether oxygens (including phenoxy) is 2. The minimum Gasteiger partial charge on any atom is -0.494 e. The zero-order valence-corrected chi connectivity index (χ0v) is 22.5. The van der Waals surface area contributed by atoms with Crippen LogP contribution in [0.5, 0.6) is 17.2 Å². The predicted molar refractivity (Wildman–Crippen MR) is 155 cm³/mol. The summed E-state index contributed by atoms with van der Waals surface area (Å²) in [5.74, 6) is 3.62. The summed E-state index contributed by atoms with van der Waals surface area (Å²) in [6, 6.07) is 19.4. The van der Waals surface area contributed by atoms with Gasteiger partial charge in [0.15, 0.2) is 17.3 Å². The highest BCUT2D eigenvalue weighted by atomic mass is 16.5. The molecule has 0 amide bonds. The molecule has 0 aliphatic carbocycles. The first kappa shape index (κ1) is 25.6. The molecule has 202 valence electrons. The molecule has 0 N–H and O–H groups in total. The van der Waals surface area contributed by atoms with Crippen molar-refractivity contribution >= 4 is 16.7 Å². The van der Waals surface area contributed by atoms with E-state index in [2.05, 4.69) is 40.8 Å². The molecule has 0 spiro atoms. The number of rotatable bonds is 9. The number of piperazine rings is 1. The topological polar surface area (TPSA) is 89.4 Å². The van der Waals surface area contributed by atoms with Gasteiger partial charge in [0.05, 0.1) is 12.1 Å². The van der Waals surface area contributed by atoms with Crippen LogP contribution in [0, 0.1) is 6.92 Å². The maximum absolute atomic E-state index is 6.38. The van der Waals surface area contributed by atoms with Gasteiger partial charge in [0.1, 0.15) is 17.3 Å². The Kier molecular flexibility index (Phi) is 7.72. The van der Waals surface area contributed by atoms with Gasteiger partial charge in [-0.2, -0.15) is 0 Å². The van der Waals surface area contributed by atoms with Crippen LogP contribution in [0.3, 0.4) is 0 Å². The standard InChI is InChI=1S/C31H31N7O2/c1-23-7-10-28(30(36-23)31-34-13-4-14-35-31)40-27-11-15-32-26-9-8-24(22-25(26)27)39-21-5-16-37-17-19-38(20-18-37)29-6-2-3-12-33-29/h2-4,6-15,22H,5,16-21H2,1H3. The number of benzene rings is 1. The number of nitrogens with zero attached hydrogens (tertiary/aromatic N) is 7. The molecule has 1 saturated heterocycles. The van der Waals surface area contributed by atoms with E-state index in [1.165, 1.54) is 0 Å². The van der Waals surface area contributed by atoms with Crippen LogP contribution in [0.25, 0.3) is 22.4 Å². The lowest BCUT2D eigenvalue weighted by molar-refractivity contribution is 0.224. The van der Waals surface area contributed by atoms with E-state index in [0.29, 0.717) is 29.6 Å². The first-order valence-electron chi connectivity index (χ1n) is 13.6. The van der Waals surface area contributed by atoms with Crippen molar-refractivity contribution in [2.75, 3.05) is 44.2 Å². The van der Waals surface area contributed by atoms with Crippen molar-refractivity contribution in [3.8, 4) is 28.8 Å². The van der Waals surface area contributed by atoms with Gasteiger partial charge in [-0.1, -0.05) is 6.07 Å². The zero-order valence-electron chi connectivity index (χ0n) is 22.5. The van der Waals surface area contributed by atoms with Crippen molar-refractivity contribution in [2.24, 2.45) is 0 Å². The lowest BCUT2D eigenvalue weighted by Crippen LogP contribution is -2.47. The molecule has 6 rings (SSSR count). The molecular formula is C31H31N7O2. The van der Waals surface area contributed by atoms with E-state index >= 15 is 0 Å². The number of anilines is 1. The first-order valence-corrected chi connectivity index (χ1v) is 13.6. The second-order valence-electron chi connectivity index (χ2n) is 9.68. The molecule has 0 radical (unpaired) electrons. The number of fused-ring (bicyclic) bond motifs is 1. The van der Waals surface area contributed by atoms with Gasteiger partial charge in [-0.25, -0.2) is 19.9 Å². The number of hydrogen-bond donors (Lipinski definition) is 0. The summed E-state index contributed by atoms with van der Waals surface area (Å²) in [4.78, 5) is 27.2. The smallest absolute Gasteiger partial charge is 0.181 e. The molecule has 1 aliphatic heterocycles. The fourth-order valence-corrected chi connectivity index (χ4v) is 4.82. The highest BCUT2D eigenvalue weighted by Gasteiger charge is 2.18. The van der Waals surface area contributed by atoms with Crippen LogP contribution in [0.2, 0.25) is 0 Å². The van der Waals surface area contributed by atoms with Gasteiger partial charge in [0.2, 0.25) is 0 Å². The Labute approximate surface area is 233 Å². The summed E-state index contributed by atoms with van der Waals surface area (Å²) in [5.41, 5.74) is 2.28. The van der Waals surface area contributed by atoms with E-state index in [0.717, 1.165) is 67.3 Å². The largest absolute Gasteiger partial charge is 0.494 e. The lowest BCUT2D eigenvalue weighted by Gasteiger charge is -2.35. The van der Waals surface area contributed by atoms with Crippen molar-refractivity contribution in [3.63, 3.8) is 0 Å². The molecule has 5 heterocycles.